The third kappa shape index (κ3) is 4.29. The minimum absolute atomic E-state index is 0.0493. The highest BCUT2D eigenvalue weighted by molar-refractivity contribution is 7.89. The van der Waals surface area contributed by atoms with Crippen LogP contribution in [-0.4, -0.2) is 30.0 Å². The predicted molar refractivity (Wildman–Crippen MR) is 70.5 cm³/mol. The van der Waals surface area contributed by atoms with Crippen molar-refractivity contribution in [2.75, 3.05) is 0 Å². The molecular weight excluding hydrogens is 268 g/mol. The highest BCUT2D eigenvalue weighted by Gasteiger charge is 2.26. The van der Waals surface area contributed by atoms with E-state index < -0.39 is 21.5 Å². The number of hydrogen-bond donors (Lipinski definition) is 2. The van der Waals surface area contributed by atoms with Gasteiger partial charge < -0.3 is 5.11 Å². The number of carboxylic acids is 1. The van der Waals surface area contributed by atoms with Gasteiger partial charge in [-0.15, -0.1) is 0 Å². The Morgan fingerprint density at radius 1 is 1.42 bits per heavy atom. The highest BCUT2D eigenvalue weighted by atomic mass is 32.2. The van der Waals surface area contributed by atoms with Crippen LogP contribution in [-0.2, 0) is 10.0 Å². The van der Waals surface area contributed by atoms with Crippen molar-refractivity contribution in [3.8, 4) is 0 Å². The number of aromatic carboxylic acids is 1. The summed E-state index contributed by atoms with van der Waals surface area (Å²) in [6.45, 7) is 5.55. The number of carbonyl (C=O) groups is 1. The van der Waals surface area contributed by atoms with Crippen LogP contribution in [0.5, 0.6) is 0 Å². The van der Waals surface area contributed by atoms with Crippen molar-refractivity contribution in [3.63, 3.8) is 0 Å². The lowest BCUT2D eigenvalue weighted by molar-refractivity contribution is 0.0696. The molecule has 1 rings (SSSR count). The molecule has 1 heterocycles. The van der Waals surface area contributed by atoms with Crippen molar-refractivity contribution in [2.24, 2.45) is 0 Å². The molecule has 0 fully saturated rings. The summed E-state index contributed by atoms with van der Waals surface area (Å²) in [7, 11) is -3.74. The number of sulfonamides is 1. The van der Waals surface area contributed by atoms with Crippen molar-refractivity contribution >= 4 is 16.0 Å². The molecule has 0 bridgehead atoms. The van der Waals surface area contributed by atoms with E-state index in [0.717, 1.165) is 12.6 Å². The van der Waals surface area contributed by atoms with Crippen LogP contribution in [0.1, 0.15) is 44.0 Å². The third-order valence-corrected chi connectivity index (χ3v) is 4.16. The molecule has 1 aromatic heterocycles. The molecule has 0 radical (unpaired) electrons. The fourth-order valence-electron chi connectivity index (χ4n) is 1.76. The summed E-state index contributed by atoms with van der Waals surface area (Å²) in [5.41, 5.74) is -0.618. The molecular formula is C12H18N2O4S. The zero-order valence-electron chi connectivity index (χ0n) is 11.2. The third-order valence-electron chi connectivity index (χ3n) is 2.54. The van der Waals surface area contributed by atoms with Crippen LogP contribution >= 0.6 is 0 Å². The Morgan fingerprint density at radius 3 is 2.47 bits per heavy atom. The molecule has 19 heavy (non-hydrogen) atoms. The molecule has 2 N–H and O–H groups in total. The molecule has 0 aliphatic rings. The number of aromatic nitrogens is 1. The maximum Gasteiger partial charge on any atom is 0.337 e. The van der Waals surface area contributed by atoms with Gasteiger partial charge in [-0.05, 0) is 32.4 Å². The van der Waals surface area contributed by atoms with E-state index in [9.17, 15) is 13.2 Å². The molecule has 0 unspecified atom stereocenters. The van der Waals surface area contributed by atoms with E-state index in [2.05, 4.69) is 9.71 Å². The van der Waals surface area contributed by atoms with Gasteiger partial charge in [0, 0.05) is 11.7 Å². The molecule has 0 saturated carbocycles. The summed E-state index contributed by atoms with van der Waals surface area (Å²) in [5.74, 6) is -1.14. The average molecular weight is 286 g/mol. The quantitative estimate of drug-likeness (QED) is 0.828. The number of rotatable bonds is 6. The van der Waals surface area contributed by atoms with Gasteiger partial charge in [-0.2, -0.15) is 0 Å². The molecule has 1 aromatic rings. The highest BCUT2D eigenvalue weighted by Crippen LogP contribution is 2.16. The van der Waals surface area contributed by atoms with Crippen molar-refractivity contribution in [3.05, 3.63) is 23.9 Å². The second-order valence-corrected chi connectivity index (χ2v) is 6.56. The molecule has 0 aromatic carbocycles. The topological polar surface area (TPSA) is 96.4 Å². The van der Waals surface area contributed by atoms with Gasteiger partial charge in [-0.1, -0.05) is 13.3 Å². The van der Waals surface area contributed by atoms with Crippen LogP contribution in [0.3, 0.4) is 0 Å². The summed E-state index contributed by atoms with van der Waals surface area (Å²) < 4.78 is 26.7. The minimum atomic E-state index is -3.74. The maximum atomic E-state index is 12.1. The smallest absolute Gasteiger partial charge is 0.337 e. The maximum absolute atomic E-state index is 12.1. The van der Waals surface area contributed by atoms with E-state index in [4.69, 9.17) is 5.11 Å². The minimum Gasteiger partial charge on any atom is -0.478 e. The Balaban J connectivity index is 2.98. The zero-order chi connectivity index (χ0) is 14.7. The number of nitrogens with one attached hydrogen (secondary N) is 1. The van der Waals surface area contributed by atoms with Crippen molar-refractivity contribution in [1.82, 2.24) is 9.71 Å². The van der Waals surface area contributed by atoms with E-state index in [1.54, 1.807) is 13.8 Å². The van der Waals surface area contributed by atoms with Crippen LogP contribution in [0.4, 0.5) is 0 Å². The van der Waals surface area contributed by atoms with Crippen molar-refractivity contribution in [2.45, 2.75) is 44.2 Å². The normalized spacial score (nSPS) is 12.4. The SMILES string of the molecule is CCCC(C)(C)NS(=O)(=O)c1ccc(C(=O)O)cn1. The van der Waals surface area contributed by atoms with E-state index in [1.807, 2.05) is 6.92 Å². The lowest BCUT2D eigenvalue weighted by Gasteiger charge is -2.25. The molecule has 0 amide bonds. The Morgan fingerprint density at radius 2 is 2.05 bits per heavy atom. The van der Waals surface area contributed by atoms with Crippen LogP contribution in [0.15, 0.2) is 23.4 Å². The Kier molecular flexibility index (Phi) is 4.65. The first-order valence-electron chi connectivity index (χ1n) is 5.91. The molecule has 0 aliphatic heterocycles. The number of nitrogens with zero attached hydrogens (tertiary/aromatic N) is 1. The molecule has 0 spiro atoms. The Bertz CT molecular complexity index is 550. The molecule has 6 nitrogen and oxygen atoms in total. The molecule has 106 valence electrons. The number of pyridine rings is 1. The molecule has 0 aliphatic carbocycles. The molecule has 7 heteroatoms. The first-order chi connectivity index (χ1) is 8.68. The van der Waals surface area contributed by atoms with Crippen molar-refractivity contribution < 1.29 is 18.3 Å². The summed E-state index contributed by atoms with van der Waals surface area (Å²) in [4.78, 5) is 14.4. The fraction of sp³-hybridized carbons (Fsp3) is 0.500. The van der Waals surface area contributed by atoms with Crippen LogP contribution in [0, 0.1) is 0 Å². The van der Waals surface area contributed by atoms with Crippen LogP contribution < -0.4 is 4.72 Å². The van der Waals surface area contributed by atoms with Gasteiger partial charge in [0.25, 0.3) is 10.0 Å². The molecule has 0 saturated heterocycles. The first kappa shape index (κ1) is 15.6. The zero-order valence-corrected chi connectivity index (χ0v) is 12.0. The van der Waals surface area contributed by atoms with Gasteiger partial charge in [0.15, 0.2) is 5.03 Å². The monoisotopic (exact) mass is 286 g/mol. The summed E-state index contributed by atoms with van der Waals surface area (Å²) in [6.07, 6.45) is 2.57. The Labute approximate surface area is 112 Å². The van der Waals surface area contributed by atoms with Crippen LogP contribution in [0.25, 0.3) is 0 Å². The van der Waals surface area contributed by atoms with E-state index in [1.165, 1.54) is 12.1 Å². The van der Waals surface area contributed by atoms with Crippen LogP contribution in [0.2, 0.25) is 0 Å². The summed E-state index contributed by atoms with van der Waals surface area (Å²) in [6, 6.07) is 2.41. The van der Waals surface area contributed by atoms with E-state index in [0.29, 0.717) is 6.42 Å². The van der Waals surface area contributed by atoms with Gasteiger partial charge in [0.1, 0.15) is 0 Å². The van der Waals surface area contributed by atoms with Gasteiger partial charge in [0.2, 0.25) is 0 Å². The van der Waals surface area contributed by atoms with Crippen molar-refractivity contribution in [1.29, 1.82) is 0 Å². The van der Waals surface area contributed by atoms with Gasteiger partial charge >= 0.3 is 5.97 Å². The second kappa shape index (κ2) is 5.66. The van der Waals surface area contributed by atoms with Gasteiger partial charge in [-0.25, -0.2) is 22.9 Å². The van der Waals surface area contributed by atoms with Gasteiger partial charge in [0.05, 0.1) is 5.56 Å². The van der Waals surface area contributed by atoms with Gasteiger partial charge in [-0.3, -0.25) is 0 Å². The summed E-state index contributed by atoms with van der Waals surface area (Å²) in [5, 5.41) is 8.55. The second-order valence-electron chi connectivity index (χ2n) is 4.93. The standard InChI is InChI=1S/C12H18N2O4S/c1-4-7-12(2,3)14-19(17,18)10-6-5-9(8-13-10)11(15)16/h5-6,8,14H,4,7H2,1-3H3,(H,15,16). The predicted octanol–water partition coefficient (Wildman–Crippen LogP) is 1.64. The van der Waals surface area contributed by atoms with E-state index in [-0.39, 0.29) is 10.6 Å². The Hall–Kier alpha value is -1.47. The first-order valence-corrected chi connectivity index (χ1v) is 7.39. The largest absolute Gasteiger partial charge is 0.478 e. The molecule has 0 atom stereocenters. The lowest BCUT2D eigenvalue weighted by Crippen LogP contribution is -2.43. The fourth-order valence-corrected chi connectivity index (χ4v) is 3.13. The van der Waals surface area contributed by atoms with E-state index >= 15 is 0 Å². The number of hydrogen-bond acceptors (Lipinski definition) is 4. The number of carboxylic acid groups (broad SMARTS) is 1. The average Bonchev–Trinajstić information content (AvgIpc) is 2.27. The lowest BCUT2D eigenvalue weighted by atomic mass is 10.0. The summed E-state index contributed by atoms with van der Waals surface area (Å²) >= 11 is 0.